The van der Waals surface area contributed by atoms with Gasteiger partial charge in [-0.05, 0) is 24.8 Å². The highest BCUT2D eigenvalue weighted by Crippen LogP contribution is 2.20. The molecule has 0 atom stereocenters. The maximum absolute atomic E-state index is 12.2. The Morgan fingerprint density at radius 2 is 2.00 bits per heavy atom. The number of hydrogen-bond donors (Lipinski definition) is 1. The molecule has 0 saturated heterocycles. The Bertz CT molecular complexity index is 591. The van der Waals surface area contributed by atoms with E-state index in [9.17, 15) is 13.2 Å². The van der Waals surface area contributed by atoms with Crippen molar-refractivity contribution in [1.82, 2.24) is 9.88 Å². The summed E-state index contributed by atoms with van der Waals surface area (Å²) in [6.07, 6.45) is 2.31. The summed E-state index contributed by atoms with van der Waals surface area (Å²) in [5.74, 6) is -0.292. The van der Waals surface area contributed by atoms with Gasteiger partial charge in [0.25, 0.3) is 15.0 Å². The number of rotatable bonds is 6. The Morgan fingerprint density at radius 1 is 1.40 bits per heavy atom. The van der Waals surface area contributed by atoms with Gasteiger partial charge in [0.1, 0.15) is 10.6 Å². The average molecular weight is 321 g/mol. The first-order chi connectivity index (χ1) is 9.10. The molecule has 0 unspecified atom stereocenters. The lowest BCUT2D eigenvalue weighted by Crippen LogP contribution is -2.34. The lowest BCUT2D eigenvalue weighted by atomic mass is 9.90. The van der Waals surface area contributed by atoms with Crippen molar-refractivity contribution in [3.05, 3.63) is 18.0 Å². The Balaban J connectivity index is 2.96. The molecule has 1 aromatic heterocycles. The standard InChI is InChI=1S/C13H21ClN2O3S/c1-5-13(3,4)9-15-12(17)11-7-10(20(14,18)19)8-16(11)6-2/h7-8H,5-6,9H2,1-4H3,(H,15,17). The molecule has 0 aliphatic rings. The highest BCUT2D eigenvalue weighted by atomic mass is 35.7. The number of halogens is 1. The van der Waals surface area contributed by atoms with Crippen LogP contribution in [0.3, 0.4) is 0 Å². The largest absolute Gasteiger partial charge is 0.350 e. The number of nitrogens with one attached hydrogen (secondary N) is 1. The third kappa shape index (κ3) is 4.24. The summed E-state index contributed by atoms with van der Waals surface area (Å²) in [6, 6.07) is 1.31. The van der Waals surface area contributed by atoms with E-state index in [0.717, 1.165) is 6.42 Å². The highest BCUT2D eigenvalue weighted by molar-refractivity contribution is 8.13. The highest BCUT2D eigenvalue weighted by Gasteiger charge is 2.21. The maximum Gasteiger partial charge on any atom is 0.267 e. The molecule has 0 aliphatic heterocycles. The van der Waals surface area contributed by atoms with Crippen LogP contribution < -0.4 is 5.32 Å². The first-order valence-corrected chi connectivity index (χ1v) is 8.84. The molecule has 5 nitrogen and oxygen atoms in total. The zero-order chi connectivity index (χ0) is 15.6. The molecule has 0 saturated carbocycles. The number of carbonyl (C=O) groups excluding carboxylic acids is 1. The van der Waals surface area contributed by atoms with E-state index >= 15 is 0 Å². The molecule has 0 aliphatic carbocycles. The minimum absolute atomic E-state index is 0.000683. The van der Waals surface area contributed by atoms with E-state index in [1.54, 1.807) is 4.57 Å². The molecule has 0 radical (unpaired) electrons. The van der Waals surface area contributed by atoms with Gasteiger partial charge in [0.2, 0.25) is 0 Å². The minimum atomic E-state index is -3.82. The van der Waals surface area contributed by atoms with Gasteiger partial charge in [-0.15, -0.1) is 0 Å². The fourth-order valence-corrected chi connectivity index (χ4v) is 2.36. The fraction of sp³-hybridized carbons (Fsp3) is 0.615. The van der Waals surface area contributed by atoms with Gasteiger partial charge < -0.3 is 9.88 Å². The third-order valence-electron chi connectivity index (χ3n) is 3.41. The van der Waals surface area contributed by atoms with Crippen molar-refractivity contribution in [3.8, 4) is 0 Å². The van der Waals surface area contributed by atoms with Crippen molar-refractivity contribution in [2.24, 2.45) is 5.41 Å². The van der Waals surface area contributed by atoms with Gasteiger partial charge in [0.05, 0.1) is 0 Å². The van der Waals surface area contributed by atoms with Crippen LogP contribution in [-0.2, 0) is 15.6 Å². The van der Waals surface area contributed by atoms with E-state index < -0.39 is 9.05 Å². The van der Waals surface area contributed by atoms with Crippen LogP contribution in [0.1, 0.15) is 44.6 Å². The predicted octanol–water partition coefficient (Wildman–Crippen LogP) is 2.60. The van der Waals surface area contributed by atoms with Crippen LogP contribution in [0, 0.1) is 5.41 Å². The van der Waals surface area contributed by atoms with E-state index in [1.165, 1.54) is 12.3 Å². The summed E-state index contributed by atoms with van der Waals surface area (Å²) in [4.78, 5) is 12.1. The number of nitrogens with zero attached hydrogens (tertiary/aromatic N) is 1. The van der Waals surface area contributed by atoms with Crippen LogP contribution in [0.5, 0.6) is 0 Å². The van der Waals surface area contributed by atoms with Crippen molar-refractivity contribution in [1.29, 1.82) is 0 Å². The van der Waals surface area contributed by atoms with E-state index in [2.05, 4.69) is 26.1 Å². The molecule has 1 amide bonds. The molecular formula is C13H21ClN2O3S. The summed E-state index contributed by atoms with van der Waals surface area (Å²) >= 11 is 0. The van der Waals surface area contributed by atoms with Crippen LogP contribution in [0.2, 0.25) is 0 Å². The number of carbonyl (C=O) groups is 1. The van der Waals surface area contributed by atoms with Crippen molar-refractivity contribution >= 4 is 25.6 Å². The van der Waals surface area contributed by atoms with E-state index in [-0.39, 0.29) is 16.2 Å². The summed E-state index contributed by atoms with van der Waals surface area (Å²) in [6.45, 7) is 9.02. The van der Waals surface area contributed by atoms with Crippen molar-refractivity contribution < 1.29 is 13.2 Å². The lowest BCUT2D eigenvalue weighted by Gasteiger charge is -2.22. The molecule has 20 heavy (non-hydrogen) atoms. The molecular weight excluding hydrogens is 300 g/mol. The fourth-order valence-electron chi connectivity index (χ4n) is 1.60. The average Bonchev–Trinajstić information content (AvgIpc) is 2.80. The molecule has 1 aromatic rings. The lowest BCUT2D eigenvalue weighted by molar-refractivity contribution is 0.0926. The number of aromatic nitrogens is 1. The zero-order valence-electron chi connectivity index (χ0n) is 12.2. The molecule has 0 fully saturated rings. The van der Waals surface area contributed by atoms with E-state index in [4.69, 9.17) is 10.7 Å². The van der Waals surface area contributed by atoms with Gasteiger partial charge in [-0.2, -0.15) is 0 Å². The van der Waals surface area contributed by atoms with Gasteiger partial charge in [0.15, 0.2) is 0 Å². The molecule has 1 N–H and O–H groups in total. The molecule has 1 heterocycles. The Morgan fingerprint density at radius 3 is 2.45 bits per heavy atom. The molecule has 0 aromatic carbocycles. The summed E-state index contributed by atoms with van der Waals surface area (Å²) in [7, 11) is 1.48. The summed E-state index contributed by atoms with van der Waals surface area (Å²) in [5.41, 5.74) is 0.305. The van der Waals surface area contributed by atoms with Crippen LogP contribution in [0.4, 0.5) is 0 Å². The topological polar surface area (TPSA) is 68.2 Å². The summed E-state index contributed by atoms with van der Waals surface area (Å²) in [5, 5.41) is 2.83. The first kappa shape index (κ1) is 17.0. The van der Waals surface area contributed by atoms with Crippen LogP contribution >= 0.6 is 10.7 Å². The number of hydrogen-bond acceptors (Lipinski definition) is 3. The third-order valence-corrected chi connectivity index (χ3v) is 4.73. The second-order valence-corrected chi connectivity index (χ2v) is 8.05. The Kier molecular flexibility index (Phi) is 5.27. The van der Waals surface area contributed by atoms with E-state index in [0.29, 0.717) is 18.8 Å². The number of aryl methyl sites for hydroxylation is 1. The smallest absolute Gasteiger partial charge is 0.267 e. The summed E-state index contributed by atoms with van der Waals surface area (Å²) < 4.78 is 24.2. The second kappa shape index (κ2) is 6.18. The second-order valence-electron chi connectivity index (χ2n) is 5.49. The maximum atomic E-state index is 12.2. The number of amides is 1. The molecule has 114 valence electrons. The van der Waals surface area contributed by atoms with E-state index in [1.807, 2.05) is 6.92 Å². The van der Waals surface area contributed by atoms with Crippen molar-refractivity contribution in [2.75, 3.05) is 6.54 Å². The first-order valence-electron chi connectivity index (χ1n) is 6.53. The normalized spacial score (nSPS) is 12.4. The zero-order valence-corrected chi connectivity index (χ0v) is 13.8. The SMILES string of the molecule is CCn1cc(S(=O)(=O)Cl)cc1C(=O)NCC(C)(C)CC. The van der Waals surface area contributed by atoms with Crippen LogP contribution in [0.15, 0.2) is 17.2 Å². The Hall–Kier alpha value is -1.01. The molecule has 0 bridgehead atoms. The monoisotopic (exact) mass is 320 g/mol. The van der Waals surface area contributed by atoms with Crippen molar-refractivity contribution in [2.45, 2.75) is 45.6 Å². The van der Waals surface area contributed by atoms with Crippen molar-refractivity contribution in [3.63, 3.8) is 0 Å². The van der Waals surface area contributed by atoms with Gasteiger partial charge in [-0.25, -0.2) is 8.42 Å². The van der Waals surface area contributed by atoms with Gasteiger partial charge in [-0.1, -0.05) is 20.8 Å². The minimum Gasteiger partial charge on any atom is -0.350 e. The van der Waals surface area contributed by atoms with Gasteiger partial charge in [0, 0.05) is 30.0 Å². The van der Waals surface area contributed by atoms with Gasteiger partial charge >= 0.3 is 0 Å². The van der Waals surface area contributed by atoms with Gasteiger partial charge in [-0.3, -0.25) is 4.79 Å². The quantitative estimate of drug-likeness (QED) is 0.819. The van der Waals surface area contributed by atoms with Crippen LogP contribution in [-0.4, -0.2) is 25.4 Å². The van der Waals surface area contributed by atoms with Crippen LogP contribution in [0.25, 0.3) is 0 Å². The predicted molar refractivity (Wildman–Crippen MR) is 79.6 cm³/mol. The molecule has 0 spiro atoms. The Labute approximate surface area is 124 Å². The molecule has 1 rings (SSSR count). The molecule has 7 heteroatoms.